The minimum Gasteiger partial charge on any atom is -0.464 e. The van der Waals surface area contributed by atoms with Crippen LogP contribution in [0.2, 0.25) is 0 Å². The normalized spacial score (nSPS) is 22.1. The summed E-state index contributed by atoms with van der Waals surface area (Å²) in [5.41, 5.74) is 3.36. The summed E-state index contributed by atoms with van der Waals surface area (Å²) in [6, 6.07) is 16.6. The molecule has 0 N–H and O–H groups in total. The number of amidine groups is 1. The minimum absolute atomic E-state index is 0.116. The Kier molecular flexibility index (Phi) is 5.25. The lowest BCUT2D eigenvalue weighted by Gasteiger charge is -2.40. The average molecular weight is 497 g/mol. The molecule has 3 aliphatic heterocycles. The van der Waals surface area contributed by atoms with Gasteiger partial charge in [0.05, 0.1) is 6.26 Å². The van der Waals surface area contributed by atoms with Gasteiger partial charge in [-0.25, -0.2) is 0 Å². The molecule has 2 aromatic carbocycles. The molecule has 7 rings (SSSR count). The Morgan fingerprint density at radius 2 is 1.70 bits per heavy atom. The summed E-state index contributed by atoms with van der Waals surface area (Å²) in [5.74, 6) is 1.85. The van der Waals surface area contributed by atoms with Gasteiger partial charge in [-0.1, -0.05) is 30.3 Å². The van der Waals surface area contributed by atoms with Crippen LogP contribution in [0.4, 0.5) is 0 Å². The number of aliphatic imine (C=N–C) groups is 1. The van der Waals surface area contributed by atoms with Crippen molar-refractivity contribution in [3.05, 3.63) is 60.4 Å². The summed E-state index contributed by atoms with van der Waals surface area (Å²) in [7, 11) is 2.12. The Morgan fingerprint density at radius 1 is 1.00 bits per heavy atom. The molecule has 1 spiro atoms. The second-order valence-corrected chi connectivity index (χ2v) is 11.3. The summed E-state index contributed by atoms with van der Waals surface area (Å²) in [6.07, 6.45) is 4.95. The van der Waals surface area contributed by atoms with Crippen LogP contribution in [0.15, 0.2) is 64.2 Å². The van der Waals surface area contributed by atoms with E-state index >= 15 is 0 Å². The number of rotatable bonds is 5. The third-order valence-corrected chi connectivity index (χ3v) is 8.56. The van der Waals surface area contributed by atoms with Crippen molar-refractivity contribution in [1.82, 2.24) is 14.7 Å². The van der Waals surface area contributed by atoms with Crippen molar-refractivity contribution in [2.75, 3.05) is 39.8 Å². The molecule has 0 atom stereocenters. The number of amides is 2. The third kappa shape index (κ3) is 3.96. The lowest BCUT2D eigenvalue weighted by molar-refractivity contribution is -0.139. The van der Waals surface area contributed by atoms with Gasteiger partial charge in [0.25, 0.3) is 5.91 Å². The lowest BCUT2D eigenvalue weighted by Crippen LogP contribution is -2.55. The first-order chi connectivity index (χ1) is 18.0. The summed E-state index contributed by atoms with van der Waals surface area (Å²) >= 11 is 0. The number of carbonyl (C=O) groups excluding carboxylic acids is 2. The predicted octanol–water partition coefficient (Wildman–Crippen LogP) is 4.02. The number of piperidine rings is 1. The highest BCUT2D eigenvalue weighted by molar-refractivity contribution is 6.15. The molecule has 0 unspecified atom stereocenters. The van der Waals surface area contributed by atoms with E-state index in [1.165, 1.54) is 0 Å². The van der Waals surface area contributed by atoms with Crippen LogP contribution in [-0.2, 0) is 9.59 Å². The van der Waals surface area contributed by atoms with E-state index in [9.17, 15) is 9.59 Å². The van der Waals surface area contributed by atoms with Crippen molar-refractivity contribution in [3.8, 4) is 11.1 Å². The molecule has 2 amide bonds. The second kappa shape index (κ2) is 8.55. The van der Waals surface area contributed by atoms with E-state index in [0.29, 0.717) is 38.4 Å². The highest BCUT2D eigenvalue weighted by Gasteiger charge is 2.51. The number of benzene rings is 2. The number of hydrogen-bond donors (Lipinski definition) is 0. The van der Waals surface area contributed by atoms with Gasteiger partial charge in [-0.3, -0.25) is 19.5 Å². The third-order valence-electron chi connectivity index (χ3n) is 8.56. The first-order valence-corrected chi connectivity index (χ1v) is 13.5. The molecule has 7 heteroatoms. The summed E-state index contributed by atoms with van der Waals surface area (Å²) in [5, 5.41) is 1.08. The largest absolute Gasteiger partial charge is 0.464 e. The van der Waals surface area contributed by atoms with Crippen LogP contribution in [0.5, 0.6) is 0 Å². The number of furan rings is 1. The molecule has 0 bridgehead atoms. The van der Waals surface area contributed by atoms with Crippen LogP contribution in [-0.4, -0.2) is 77.7 Å². The number of fused-ring (bicyclic) bond motifs is 1. The van der Waals surface area contributed by atoms with Crippen molar-refractivity contribution in [3.63, 3.8) is 0 Å². The summed E-state index contributed by atoms with van der Waals surface area (Å²) in [4.78, 5) is 37.9. The van der Waals surface area contributed by atoms with Crippen molar-refractivity contribution >= 4 is 28.6 Å². The van der Waals surface area contributed by atoms with Gasteiger partial charge in [-0.2, -0.15) is 0 Å². The zero-order chi connectivity index (χ0) is 25.1. The number of carbonyl (C=O) groups is 2. The summed E-state index contributed by atoms with van der Waals surface area (Å²) < 4.78 is 5.48. The van der Waals surface area contributed by atoms with Gasteiger partial charge in [-0.05, 0) is 62.1 Å². The molecule has 1 aromatic heterocycles. The van der Waals surface area contributed by atoms with E-state index in [1.54, 1.807) is 6.26 Å². The maximum atomic E-state index is 13.9. The fraction of sp³-hybridized carbons (Fsp3) is 0.433. The molecule has 2 saturated heterocycles. The molecule has 3 fully saturated rings. The molecule has 4 aliphatic rings. The van der Waals surface area contributed by atoms with Crippen LogP contribution >= 0.6 is 0 Å². The van der Waals surface area contributed by atoms with Crippen molar-refractivity contribution in [2.45, 2.75) is 31.2 Å². The Labute approximate surface area is 216 Å². The Bertz CT molecular complexity index is 1390. The maximum absolute atomic E-state index is 13.9. The zero-order valence-electron chi connectivity index (χ0n) is 21.2. The molecule has 190 valence electrons. The van der Waals surface area contributed by atoms with E-state index in [4.69, 9.17) is 9.41 Å². The van der Waals surface area contributed by atoms with E-state index in [1.807, 2.05) is 21.9 Å². The molecule has 3 aromatic rings. The highest BCUT2D eigenvalue weighted by Crippen LogP contribution is 2.39. The standard InChI is InChI=1S/C30H32N4O3/c1-32-17-20(18-32)19-34-27(31-30(29(34)36)11-13-33(14-12-30)28(35)23-6-7-23)22-4-2-21(3-5-22)24-8-9-26-25(16-24)10-15-37-26/h2-5,8-10,15-16,20,23H,6-7,11-14,17-19H2,1H3. The molecule has 1 aliphatic carbocycles. The Balaban J connectivity index is 1.17. The van der Waals surface area contributed by atoms with Crippen LogP contribution in [0, 0.1) is 11.8 Å². The van der Waals surface area contributed by atoms with Gasteiger partial charge in [0.1, 0.15) is 17.0 Å². The van der Waals surface area contributed by atoms with Gasteiger partial charge >= 0.3 is 0 Å². The zero-order valence-corrected chi connectivity index (χ0v) is 21.2. The van der Waals surface area contributed by atoms with Gasteiger partial charge in [-0.15, -0.1) is 0 Å². The van der Waals surface area contributed by atoms with Crippen molar-refractivity contribution in [2.24, 2.45) is 16.8 Å². The predicted molar refractivity (Wildman–Crippen MR) is 142 cm³/mol. The van der Waals surface area contributed by atoms with Gasteiger partial charge in [0.15, 0.2) is 0 Å². The topological polar surface area (TPSA) is 69.4 Å². The fourth-order valence-electron chi connectivity index (χ4n) is 6.22. The first-order valence-electron chi connectivity index (χ1n) is 13.5. The maximum Gasteiger partial charge on any atom is 0.256 e. The monoisotopic (exact) mass is 496 g/mol. The summed E-state index contributed by atoms with van der Waals surface area (Å²) in [6.45, 7) is 3.94. The number of likely N-dealkylation sites (tertiary alicyclic amines) is 2. The van der Waals surface area contributed by atoms with Gasteiger partial charge in [0, 0.05) is 55.5 Å². The number of nitrogens with zero attached hydrogens (tertiary/aromatic N) is 4. The quantitative estimate of drug-likeness (QED) is 0.535. The highest BCUT2D eigenvalue weighted by atomic mass is 16.3. The van der Waals surface area contributed by atoms with Crippen molar-refractivity contribution in [1.29, 1.82) is 0 Å². The van der Waals surface area contributed by atoms with Crippen LogP contribution in [0.3, 0.4) is 0 Å². The second-order valence-electron chi connectivity index (χ2n) is 11.3. The molecular weight excluding hydrogens is 464 g/mol. The molecule has 7 nitrogen and oxygen atoms in total. The van der Waals surface area contributed by atoms with Gasteiger partial charge < -0.3 is 14.2 Å². The lowest BCUT2D eigenvalue weighted by atomic mass is 9.87. The molecule has 0 radical (unpaired) electrons. The first kappa shape index (κ1) is 22.7. The smallest absolute Gasteiger partial charge is 0.256 e. The van der Waals surface area contributed by atoms with E-state index in [0.717, 1.165) is 59.4 Å². The SMILES string of the molecule is CN1CC(CN2C(=O)C3(CCN(C(=O)C4CC4)CC3)N=C2c2ccc(-c3ccc4occc4c3)cc2)C1. The Morgan fingerprint density at radius 3 is 2.41 bits per heavy atom. The van der Waals surface area contributed by atoms with Gasteiger partial charge in [0.2, 0.25) is 5.91 Å². The molecule has 37 heavy (non-hydrogen) atoms. The van der Waals surface area contributed by atoms with Crippen LogP contribution in [0.25, 0.3) is 22.1 Å². The number of hydrogen-bond acceptors (Lipinski definition) is 5. The van der Waals surface area contributed by atoms with Crippen molar-refractivity contribution < 1.29 is 14.0 Å². The van der Waals surface area contributed by atoms with Crippen LogP contribution < -0.4 is 0 Å². The molecular formula is C30H32N4O3. The van der Waals surface area contributed by atoms with E-state index in [2.05, 4.69) is 48.3 Å². The van der Waals surface area contributed by atoms with E-state index in [-0.39, 0.29) is 17.7 Å². The fourth-order valence-corrected chi connectivity index (χ4v) is 6.22. The molecule has 1 saturated carbocycles. The molecule has 4 heterocycles. The van der Waals surface area contributed by atoms with E-state index < -0.39 is 5.54 Å². The minimum atomic E-state index is -0.740. The van der Waals surface area contributed by atoms with Crippen LogP contribution in [0.1, 0.15) is 31.2 Å². The Hall–Kier alpha value is -3.45. The average Bonchev–Trinajstić information content (AvgIpc) is 3.60.